The molecular formula is C17H31N5O. The van der Waals surface area contributed by atoms with Gasteiger partial charge in [0.2, 0.25) is 11.9 Å². The van der Waals surface area contributed by atoms with Crippen LogP contribution in [0, 0.1) is 5.92 Å². The van der Waals surface area contributed by atoms with Crippen molar-refractivity contribution in [3.8, 4) is 0 Å². The Balaban J connectivity index is 1.87. The molecule has 1 aromatic heterocycles. The third kappa shape index (κ3) is 5.30. The fraction of sp³-hybridized carbons (Fsp3) is 0.824. The molecule has 1 aliphatic carbocycles. The lowest BCUT2D eigenvalue weighted by atomic mass is 9.83. The number of hydrogen-bond donors (Lipinski definition) is 2. The van der Waals surface area contributed by atoms with E-state index in [0.29, 0.717) is 17.8 Å². The van der Waals surface area contributed by atoms with Crippen LogP contribution in [0.2, 0.25) is 0 Å². The average molecular weight is 321 g/mol. The van der Waals surface area contributed by atoms with Gasteiger partial charge in [0.25, 0.3) is 0 Å². The first-order valence-electron chi connectivity index (χ1n) is 8.82. The van der Waals surface area contributed by atoms with Crippen molar-refractivity contribution < 1.29 is 5.11 Å². The summed E-state index contributed by atoms with van der Waals surface area (Å²) in [5.74, 6) is 2.89. The Labute approximate surface area is 139 Å². The minimum absolute atomic E-state index is 0.103. The Bertz CT molecular complexity index is 466. The van der Waals surface area contributed by atoms with Gasteiger partial charge in [0.05, 0.1) is 6.10 Å². The van der Waals surface area contributed by atoms with Gasteiger partial charge < -0.3 is 15.3 Å². The number of nitrogens with one attached hydrogen (secondary N) is 1. The second-order valence-corrected chi connectivity index (χ2v) is 7.05. The van der Waals surface area contributed by atoms with Crippen molar-refractivity contribution in [2.45, 2.75) is 64.4 Å². The van der Waals surface area contributed by atoms with E-state index in [1.54, 1.807) is 0 Å². The first-order valence-corrected chi connectivity index (χ1v) is 8.82. The molecule has 1 aliphatic rings. The lowest BCUT2D eigenvalue weighted by Gasteiger charge is -2.27. The molecule has 2 rings (SSSR count). The zero-order valence-electron chi connectivity index (χ0n) is 14.9. The SMILES string of the molecule is CC(C)c1nc(NCCCC2CCCCC2O)nc(N(C)C)n1. The molecule has 0 radical (unpaired) electrons. The quantitative estimate of drug-likeness (QED) is 0.752. The molecule has 0 aliphatic heterocycles. The van der Waals surface area contributed by atoms with Gasteiger partial charge >= 0.3 is 0 Å². The van der Waals surface area contributed by atoms with E-state index in [0.717, 1.165) is 38.1 Å². The summed E-state index contributed by atoms with van der Waals surface area (Å²) in [6, 6.07) is 0. The normalized spacial score (nSPS) is 21.5. The van der Waals surface area contributed by atoms with Crippen molar-refractivity contribution in [3.05, 3.63) is 5.82 Å². The molecule has 2 N–H and O–H groups in total. The molecule has 6 nitrogen and oxygen atoms in total. The van der Waals surface area contributed by atoms with E-state index < -0.39 is 0 Å². The molecule has 0 aromatic carbocycles. The fourth-order valence-corrected chi connectivity index (χ4v) is 3.01. The van der Waals surface area contributed by atoms with E-state index in [-0.39, 0.29) is 12.0 Å². The average Bonchev–Trinajstić information content (AvgIpc) is 2.52. The molecule has 1 saturated carbocycles. The minimum atomic E-state index is -0.103. The second-order valence-electron chi connectivity index (χ2n) is 7.05. The number of aromatic nitrogens is 3. The Kier molecular flexibility index (Phi) is 6.57. The van der Waals surface area contributed by atoms with Crippen LogP contribution < -0.4 is 10.2 Å². The van der Waals surface area contributed by atoms with E-state index in [1.807, 2.05) is 19.0 Å². The Morgan fingerprint density at radius 3 is 2.57 bits per heavy atom. The lowest BCUT2D eigenvalue weighted by Crippen LogP contribution is -2.25. The zero-order valence-corrected chi connectivity index (χ0v) is 14.9. The zero-order chi connectivity index (χ0) is 16.8. The first-order chi connectivity index (χ1) is 11.0. The highest BCUT2D eigenvalue weighted by atomic mass is 16.3. The number of hydrogen-bond acceptors (Lipinski definition) is 6. The highest BCUT2D eigenvalue weighted by Gasteiger charge is 2.22. The Hall–Kier alpha value is -1.43. The number of anilines is 2. The van der Waals surface area contributed by atoms with Gasteiger partial charge in [0, 0.05) is 26.6 Å². The molecule has 0 amide bonds. The number of nitrogens with zero attached hydrogens (tertiary/aromatic N) is 4. The van der Waals surface area contributed by atoms with Crippen LogP contribution in [0.3, 0.4) is 0 Å². The van der Waals surface area contributed by atoms with Crippen molar-refractivity contribution in [3.63, 3.8) is 0 Å². The van der Waals surface area contributed by atoms with Crippen LogP contribution in [0.15, 0.2) is 0 Å². The molecule has 1 aromatic rings. The van der Waals surface area contributed by atoms with Crippen LogP contribution in [0.4, 0.5) is 11.9 Å². The van der Waals surface area contributed by atoms with Gasteiger partial charge in [0.1, 0.15) is 5.82 Å². The molecule has 1 heterocycles. The van der Waals surface area contributed by atoms with Crippen molar-refractivity contribution in [1.82, 2.24) is 15.0 Å². The third-order valence-corrected chi connectivity index (χ3v) is 4.46. The van der Waals surface area contributed by atoms with E-state index >= 15 is 0 Å². The van der Waals surface area contributed by atoms with Crippen LogP contribution in [0.5, 0.6) is 0 Å². The van der Waals surface area contributed by atoms with Gasteiger partial charge in [-0.25, -0.2) is 0 Å². The summed E-state index contributed by atoms with van der Waals surface area (Å²) >= 11 is 0. The molecule has 23 heavy (non-hydrogen) atoms. The van der Waals surface area contributed by atoms with Crippen LogP contribution in [0.25, 0.3) is 0 Å². The highest BCUT2D eigenvalue weighted by Crippen LogP contribution is 2.27. The highest BCUT2D eigenvalue weighted by molar-refractivity contribution is 5.36. The molecule has 2 atom stereocenters. The van der Waals surface area contributed by atoms with E-state index in [1.165, 1.54) is 12.8 Å². The van der Waals surface area contributed by atoms with Crippen molar-refractivity contribution >= 4 is 11.9 Å². The van der Waals surface area contributed by atoms with Crippen molar-refractivity contribution in [1.29, 1.82) is 0 Å². The molecule has 0 saturated heterocycles. The summed E-state index contributed by atoms with van der Waals surface area (Å²) in [6.45, 7) is 5.00. The summed E-state index contributed by atoms with van der Waals surface area (Å²) < 4.78 is 0. The molecular weight excluding hydrogens is 290 g/mol. The van der Waals surface area contributed by atoms with Crippen LogP contribution in [0.1, 0.15) is 64.1 Å². The van der Waals surface area contributed by atoms with E-state index in [9.17, 15) is 5.11 Å². The standard InChI is InChI=1S/C17H31N5O/c1-12(2)15-19-16(21-17(20-15)22(3)4)18-11-7-9-13-8-5-6-10-14(13)23/h12-14,23H,5-11H2,1-4H3,(H,18,19,20,21). The molecule has 2 unspecified atom stereocenters. The van der Waals surface area contributed by atoms with Gasteiger partial charge in [-0.15, -0.1) is 0 Å². The maximum Gasteiger partial charge on any atom is 0.229 e. The summed E-state index contributed by atoms with van der Waals surface area (Å²) in [5, 5.41) is 13.3. The minimum Gasteiger partial charge on any atom is -0.393 e. The summed E-state index contributed by atoms with van der Waals surface area (Å²) in [6.07, 6.45) is 6.55. The molecule has 0 bridgehead atoms. The monoisotopic (exact) mass is 321 g/mol. The van der Waals surface area contributed by atoms with Gasteiger partial charge in [-0.2, -0.15) is 15.0 Å². The molecule has 130 valence electrons. The molecule has 0 spiro atoms. The largest absolute Gasteiger partial charge is 0.393 e. The second kappa shape index (κ2) is 8.43. The van der Waals surface area contributed by atoms with E-state index in [2.05, 4.69) is 34.1 Å². The first kappa shape index (κ1) is 17.9. The van der Waals surface area contributed by atoms with Crippen molar-refractivity contribution in [2.75, 3.05) is 30.9 Å². The van der Waals surface area contributed by atoms with Gasteiger partial charge in [0.15, 0.2) is 0 Å². The van der Waals surface area contributed by atoms with Gasteiger partial charge in [-0.3, -0.25) is 0 Å². The van der Waals surface area contributed by atoms with Crippen molar-refractivity contribution in [2.24, 2.45) is 5.92 Å². The Morgan fingerprint density at radius 1 is 1.17 bits per heavy atom. The molecule has 6 heteroatoms. The molecule has 1 fully saturated rings. The van der Waals surface area contributed by atoms with Gasteiger partial charge in [-0.05, 0) is 31.6 Å². The van der Waals surface area contributed by atoms with Crippen LogP contribution >= 0.6 is 0 Å². The topological polar surface area (TPSA) is 74.2 Å². The van der Waals surface area contributed by atoms with Crippen LogP contribution in [-0.2, 0) is 0 Å². The summed E-state index contributed by atoms with van der Waals surface area (Å²) in [5.41, 5.74) is 0. The third-order valence-electron chi connectivity index (χ3n) is 4.46. The smallest absolute Gasteiger partial charge is 0.229 e. The van der Waals surface area contributed by atoms with Gasteiger partial charge in [-0.1, -0.05) is 26.7 Å². The number of rotatable bonds is 7. The predicted molar refractivity (Wildman–Crippen MR) is 93.9 cm³/mol. The fourth-order valence-electron chi connectivity index (χ4n) is 3.01. The maximum absolute atomic E-state index is 10.0. The summed E-state index contributed by atoms with van der Waals surface area (Å²) in [7, 11) is 3.88. The summed E-state index contributed by atoms with van der Waals surface area (Å²) in [4.78, 5) is 15.3. The number of aliphatic hydroxyl groups is 1. The van der Waals surface area contributed by atoms with Crippen LogP contribution in [-0.4, -0.2) is 46.8 Å². The Morgan fingerprint density at radius 2 is 1.91 bits per heavy atom. The lowest BCUT2D eigenvalue weighted by molar-refractivity contribution is 0.0648. The maximum atomic E-state index is 10.0. The predicted octanol–water partition coefficient (Wildman–Crippen LogP) is 2.80. The van der Waals surface area contributed by atoms with E-state index in [4.69, 9.17) is 0 Å². The number of aliphatic hydroxyl groups excluding tert-OH is 1.